The van der Waals surface area contributed by atoms with Gasteiger partial charge in [0.2, 0.25) is 0 Å². The fraction of sp³-hybridized carbons (Fsp3) is 0.500. The summed E-state index contributed by atoms with van der Waals surface area (Å²) in [6, 6.07) is 9.72. The van der Waals surface area contributed by atoms with E-state index in [9.17, 15) is 4.39 Å². The smallest absolute Gasteiger partial charge is 0.468 e. The number of ether oxygens (including phenoxy) is 2. The Morgan fingerprint density at radius 2 is 1.77 bits per heavy atom. The molecular weight excluding hydrogens is 334 g/mol. The predicted molar refractivity (Wildman–Crippen MR) is 102 cm³/mol. The Bertz CT molecular complexity index is 775. The second-order valence-corrected chi connectivity index (χ2v) is 7.61. The van der Waals surface area contributed by atoms with Crippen LogP contribution in [-0.4, -0.2) is 38.9 Å². The van der Waals surface area contributed by atoms with Crippen molar-refractivity contribution in [1.82, 2.24) is 0 Å². The van der Waals surface area contributed by atoms with E-state index in [4.69, 9.17) is 18.8 Å². The number of halogens is 1. The first kappa shape index (κ1) is 19.1. The van der Waals surface area contributed by atoms with Crippen molar-refractivity contribution < 1.29 is 23.2 Å². The third kappa shape index (κ3) is 3.46. The molecule has 0 aliphatic carbocycles. The van der Waals surface area contributed by atoms with Gasteiger partial charge in [-0.05, 0) is 61.6 Å². The van der Waals surface area contributed by atoms with Crippen LogP contribution in [0.25, 0.3) is 10.8 Å². The molecule has 0 spiro atoms. The summed E-state index contributed by atoms with van der Waals surface area (Å²) in [4.78, 5) is 0. The lowest BCUT2D eigenvalue weighted by atomic mass is 9.74. The lowest BCUT2D eigenvalue weighted by molar-refractivity contribution is 0.00578. The van der Waals surface area contributed by atoms with E-state index in [-0.39, 0.29) is 6.79 Å². The van der Waals surface area contributed by atoms with Crippen molar-refractivity contribution >= 4 is 23.4 Å². The van der Waals surface area contributed by atoms with Gasteiger partial charge in [-0.1, -0.05) is 18.2 Å². The Balaban J connectivity index is 2.14. The molecular formula is C20H26BFO4. The molecule has 0 aromatic heterocycles. The number of aryl methyl sites for hydroxylation is 1. The predicted octanol–water partition coefficient (Wildman–Crippen LogP) is 3.63. The summed E-state index contributed by atoms with van der Waals surface area (Å²) in [5.41, 5.74) is 0.884. The van der Waals surface area contributed by atoms with E-state index in [1.54, 1.807) is 7.11 Å². The van der Waals surface area contributed by atoms with Gasteiger partial charge in [0.15, 0.2) is 6.79 Å². The number of hydrogen-bond donors (Lipinski definition) is 0. The molecule has 1 heterocycles. The third-order valence-corrected chi connectivity index (χ3v) is 5.28. The Labute approximate surface area is 154 Å². The highest BCUT2D eigenvalue weighted by atomic mass is 19.1. The molecule has 3 rings (SSSR count). The standard InChI is InChI=1S/C20H26BFO4/c1-19(2)20(3,4)26-21(25-19)17-12-16(24-13-23-5)11-15-8-6-7-14(9-10-22)18(15)17/h6-8,11-12H,9-10,13H2,1-5H3. The van der Waals surface area contributed by atoms with Crippen molar-refractivity contribution in [2.45, 2.75) is 45.3 Å². The highest BCUT2D eigenvalue weighted by molar-refractivity contribution is 6.65. The van der Waals surface area contributed by atoms with Crippen molar-refractivity contribution in [3.05, 3.63) is 35.9 Å². The fourth-order valence-corrected chi connectivity index (χ4v) is 3.19. The third-order valence-electron chi connectivity index (χ3n) is 5.28. The SMILES string of the molecule is COCOc1cc(B2OC(C)(C)C(C)(C)O2)c2c(CCF)cccc2c1. The van der Waals surface area contributed by atoms with Crippen LogP contribution < -0.4 is 10.2 Å². The second-order valence-electron chi connectivity index (χ2n) is 7.61. The molecule has 140 valence electrons. The van der Waals surface area contributed by atoms with Gasteiger partial charge in [-0.25, -0.2) is 0 Å². The van der Waals surface area contributed by atoms with Gasteiger partial charge in [0.1, 0.15) is 5.75 Å². The largest absolute Gasteiger partial charge is 0.495 e. The van der Waals surface area contributed by atoms with Gasteiger partial charge in [-0.2, -0.15) is 0 Å². The van der Waals surface area contributed by atoms with Gasteiger partial charge in [-0.15, -0.1) is 0 Å². The average Bonchev–Trinajstić information content (AvgIpc) is 2.80. The van der Waals surface area contributed by atoms with E-state index < -0.39 is 25.0 Å². The average molecular weight is 360 g/mol. The van der Waals surface area contributed by atoms with E-state index >= 15 is 0 Å². The number of rotatable bonds is 6. The number of fused-ring (bicyclic) bond motifs is 1. The van der Waals surface area contributed by atoms with E-state index in [1.165, 1.54) is 0 Å². The Kier molecular flexibility index (Phi) is 5.29. The number of hydrogen-bond acceptors (Lipinski definition) is 4. The molecule has 26 heavy (non-hydrogen) atoms. The van der Waals surface area contributed by atoms with Crippen molar-refractivity contribution in [2.75, 3.05) is 20.6 Å². The van der Waals surface area contributed by atoms with Gasteiger partial charge in [-0.3, -0.25) is 4.39 Å². The van der Waals surface area contributed by atoms with Crippen molar-refractivity contribution in [3.63, 3.8) is 0 Å². The quantitative estimate of drug-likeness (QED) is 0.582. The first-order valence-corrected chi connectivity index (χ1v) is 8.88. The minimum Gasteiger partial charge on any atom is -0.468 e. The van der Waals surface area contributed by atoms with Crippen LogP contribution in [0.3, 0.4) is 0 Å². The fourth-order valence-electron chi connectivity index (χ4n) is 3.19. The van der Waals surface area contributed by atoms with Crippen LogP contribution in [0, 0.1) is 0 Å². The summed E-state index contributed by atoms with van der Waals surface area (Å²) in [6.07, 6.45) is 0.349. The van der Waals surface area contributed by atoms with Crippen LogP contribution in [0.5, 0.6) is 5.75 Å². The molecule has 0 radical (unpaired) electrons. The van der Waals surface area contributed by atoms with Crippen LogP contribution in [0.4, 0.5) is 4.39 Å². The minimum atomic E-state index is -0.547. The zero-order chi connectivity index (χ0) is 18.9. The monoisotopic (exact) mass is 360 g/mol. The summed E-state index contributed by atoms with van der Waals surface area (Å²) >= 11 is 0. The van der Waals surface area contributed by atoms with Crippen molar-refractivity contribution in [2.24, 2.45) is 0 Å². The molecule has 6 heteroatoms. The van der Waals surface area contributed by atoms with Crippen LogP contribution in [0.2, 0.25) is 0 Å². The molecule has 4 nitrogen and oxygen atoms in total. The van der Waals surface area contributed by atoms with E-state index in [0.717, 1.165) is 21.8 Å². The first-order chi connectivity index (χ1) is 12.3. The van der Waals surface area contributed by atoms with Crippen molar-refractivity contribution in [3.8, 4) is 5.75 Å². The zero-order valence-corrected chi connectivity index (χ0v) is 16.1. The Hall–Kier alpha value is -1.63. The van der Waals surface area contributed by atoms with E-state index in [1.807, 2.05) is 58.0 Å². The topological polar surface area (TPSA) is 36.9 Å². The molecule has 2 aromatic rings. The summed E-state index contributed by atoms with van der Waals surface area (Å²) < 4.78 is 36.3. The van der Waals surface area contributed by atoms with Gasteiger partial charge in [0, 0.05) is 13.5 Å². The van der Waals surface area contributed by atoms with Gasteiger partial charge < -0.3 is 18.8 Å². The molecule has 2 aromatic carbocycles. The molecule has 0 unspecified atom stereocenters. The number of methoxy groups -OCH3 is 1. The summed E-state index contributed by atoms with van der Waals surface area (Å²) in [6.45, 7) is 7.81. The molecule has 0 N–H and O–H groups in total. The summed E-state index contributed by atoms with van der Waals surface area (Å²) in [7, 11) is 1.03. The van der Waals surface area contributed by atoms with Gasteiger partial charge >= 0.3 is 7.12 Å². The van der Waals surface area contributed by atoms with Crippen LogP contribution in [-0.2, 0) is 20.5 Å². The normalized spacial score (nSPS) is 18.5. The minimum absolute atomic E-state index is 0.151. The maximum Gasteiger partial charge on any atom is 0.495 e. The molecule has 1 fully saturated rings. The molecule has 1 aliphatic heterocycles. The Morgan fingerprint density at radius 1 is 1.08 bits per heavy atom. The molecule has 0 bridgehead atoms. The summed E-state index contributed by atoms with van der Waals surface area (Å²) in [5, 5.41) is 1.93. The first-order valence-electron chi connectivity index (χ1n) is 8.88. The maximum absolute atomic E-state index is 13.1. The molecule has 0 saturated carbocycles. The van der Waals surface area contributed by atoms with Crippen molar-refractivity contribution in [1.29, 1.82) is 0 Å². The lowest BCUT2D eigenvalue weighted by Gasteiger charge is -2.32. The van der Waals surface area contributed by atoms with E-state index in [0.29, 0.717) is 12.2 Å². The van der Waals surface area contributed by atoms with E-state index in [2.05, 4.69) is 0 Å². The second kappa shape index (κ2) is 7.18. The molecule has 1 saturated heterocycles. The van der Waals surface area contributed by atoms with Crippen LogP contribution in [0.1, 0.15) is 33.3 Å². The highest BCUT2D eigenvalue weighted by Crippen LogP contribution is 2.37. The van der Waals surface area contributed by atoms with Crippen LogP contribution >= 0.6 is 0 Å². The number of benzene rings is 2. The lowest BCUT2D eigenvalue weighted by Crippen LogP contribution is -2.41. The maximum atomic E-state index is 13.1. The molecule has 0 amide bonds. The van der Waals surface area contributed by atoms with Gasteiger partial charge in [0.05, 0.1) is 17.9 Å². The zero-order valence-electron chi connectivity index (χ0n) is 16.1. The summed E-state index contributed by atoms with van der Waals surface area (Å²) in [5.74, 6) is 0.668. The molecule has 0 atom stereocenters. The number of alkyl halides is 1. The Morgan fingerprint density at radius 3 is 2.38 bits per heavy atom. The highest BCUT2D eigenvalue weighted by Gasteiger charge is 2.52. The van der Waals surface area contributed by atoms with Gasteiger partial charge in [0.25, 0.3) is 0 Å². The molecule has 1 aliphatic rings. The van der Waals surface area contributed by atoms with Crippen LogP contribution in [0.15, 0.2) is 30.3 Å².